The normalized spacial score (nSPS) is 14.8. The van der Waals surface area contributed by atoms with Crippen molar-refractivity contribution < 1.29 is 0 Å². The van der Waals surface area contributed by atoms with E-state index in [1.807, 2.05) is 30.3 Å². The summed E-state index contributed by atoms with van der Waals surface area (Å²) < 4.78 is 0. The van der Waals surface area contributed by atoms with Crippen LogP contribution in [0.15, 0.2) is 30.3 Å². The van der Waals surface area contributed by atoms with Gasteiger partial charge in [0.1, 0.15) is 11.6 Å². The maximum atomic E-state index is 6.08. The van der Waals surface area contributed by atoms with Crippen LogP contribution in [0.25, 0.3) is 11.0 Å². The fraction of sp³-hybridized carbons (Fsp3) is 0.294. The van der Waals surface area contributed by atoms with Crippen molar-refractivity contribution in [3.63, 3.8) is 0 Å². The number of nitrogen functional groups attached to an aromatic ring is 1. The maximum Gasteiger partial charge on any atom is 0.185 e. The van der Waals surface area contributed by atoms with Crippen LogP contribution in [0.5, 0.6) is 0 Å². The molecule has 6 heteroatoms. The van der Waals surface area contributed by atoms with E-state index < -0.39 is 0 Å². The minimum absolute atomic E-state index is 0.611. The highest BCUT2D eigenvalue weighted by Crippen LogP contribution is 2.34. The number of aromatic nitrogens is 3. The third kappa shape index (κ3) is 2.41. The molecule has 4 rings (SSSR count). The minimum Gasteiger partial charge on any atom is -0.384 e. The molecular weight excluding hydrogens is 288 g/mol. The number of benzene rings is 1. The van der Waals surface area contributed by atoms with Gasteiger partial charge in [-0.2, -0.15) is 5.10 Å². The van der Waals surface area contributed by atoms with Gasteiger partial charge in [-0.05, 0) is 30.7 Å². The summed E-state index contributed by atoms with van der Waals surface area (Å²) in [5.41, 5.74) is 10.3. The van der Waals surface area contributed by atoms with Gasteiger partial charge in [-0.25, -0.2) is 4.98 Å². The lowest BCUT2D eigenvalue weighted by molar-refractivity contribution is 0.269. The number of rotatable bonds is 3. The van der Waals surface area contributed by atoms with E-state index >= 15 is 0 Å². The van der Waals surface area contributed by atoms with E-state index in [1.54, 1.807) is 0 Å². The second kappa shape index (κ2) is 5.55. The van der Waals surface area contributed by atoms with E-state index in [-0.39, 0.29) is 0 Å². The highest BCUT2D eigenvalue weighted by molar-refractivity contribution is 5.92. The van der Waals surface area contributed by atoms with E-state index in [1.165, 1.54) is 11.1 Å². The zero-order valence-electron chi connectivity index (χ0n) is 13.1. The molecule has 0 bridgehead atoms. The molecule has 118 valence electrons. The van der Waals surface area contributed by atoms with E-state index in [4.69, 9.17) is 10.7 Å². The molecule has 0 radical (unpaired) electrons. The van der Waals surface area contributed by atoms with Gasteiger partial charge in [-0.1, -0.05) is 25.1 Å². The van der Waals surface area contributed by atoms with Crippen LogP contribution in [-0.2, 0) is 13.0 Å². The van der Waals surface area contributed by atoms with Crippen LogP contribution >= 0.6 is 0 Å². The van der Waals surface area contributed by atoms with Crippen molar-refractivity contribution in [1.29, 1.82) is 0 Å². The Morgan fingerprint density at radius 3 is 2.87 bits per heavy atom. The van der Waals surface area contributed by atoms with Gasteiger partial charge in [0, 0.05) is 24.3 Å². The Labute approximate surface area is 134 Å². The first-order valence-electron chi connectivity index (χ1n) is 7.96. The largest absolute Gasteiger partial charge is 0.384 e. The number of aromatic amines is 1. The molecule has 0 atom stereocenters. The number of hydrogen-bond donors (Lipinski definition) is 3. The molecule has 1 aliphatic heterocycles. The van der Waals surface area contributed by atoms with Gasteiger partial charge in [0.25, 0.3) is 0 Å². The monoisotopic (exact) mass is 308 g/mol. The number of pyridine rings is 1. The third-order valence-electron chi connectivity index (χ3n) is 4.49. The van der Waals surface area contributed by atoms with Gasteiger partial charge in [0.15, 0.2) is 5.65 Å². The highest BCUT2D eigenvalue weighted by Gasteiger charge is 2.24. The Morgan fingerprint density at radius 1 is 1.26 bits per heavy atom. The average molecular weight is 308 g/mol. The van der Waals surface area contributed by atoms with Gasteiger partial charge < -0.3 is 11.1 Å². The number of hydrogen-bond acceptors (Lipinski definition) is 5. The Hall–Kier alpha value is -2.60. The second-order valence-electron chi connectivity index (χ2n) is 5.86. The number of anilines is 3. The smallest absolute Gasteiger partial charge is 0.185 e. The quantitative estimate of drug-likeness (QED) is 0.693. The number of nitrogens with two attached hydrogens (primary N) is 1. The number of likely N-dealkylation sites (N-methyl/N-ethyl adjacent to an activating group) is 1. The van der Waals surface area contributed by atoms with Crippen molar-refractivity contribution in [1.82, 2.24) is 20.1 Å². The van der Waals surface area contributed by atoms with Crippen molar-refractivity contribution >= 4 is 28.4 Å². The summed E-state index contributed by atoms with van der Waals surface area (Å²) in [5, 5.41) is 11.5. The fourth-order valence-electron chi connectivity index (χ4n) is 3.24. The summed E-state index contributed by atoms with van der Waals surface area (Å²) in [7, 11) is 0. The first-order valence-corrected chi connectivity index (χ1v) is 7.96. The van der Waals surface area contributed by atoms with Crippen LogP contribution in [0.3, 0.4) is 0 Å². The molecule has 1 aliphatic rings. The SMILES string of the molecule is CCN1CCc2c(c(Nc3ccccc3)nc3n[nH]c(N)c23)C1. The Kier molecular flexibility index (Phi) is 3.38. The van der Waals surface area contributed by atoms with Gasteiger partial charge in [-0.15, -0.1) is 0 Å². The minimum atomic E-state index is 0.611. The van der Waals surface area contributed by atoms with Crippen molar-refractivity contribution in [2.45, 2.75) is 19.9 Å². The predicted molar refractivity (Wildman–Crippen MR) is 92.7 cm³/mol. The van der Waals surface area contributed by atoms with Crippen molar-refractivity contribution in [2.75, 3.05) is 24.1 Å². The zero-order chi connectivity index (χ0) is 15.8. The molecule has 0 aliphatic carbocycles. The van der Waals surface area contributed by atoms with E-state index in [9.17, 15) is 0 Å². The first-order chi connectivity index (χ1) is 11.3. The molecule has 2 aromatic heterocycles. The second-order valence-corrected chi connectivity index (χ2v) is 5.86. The number of H-pyrrole nitrogens is 1. The summed E-state index contributed by atoms with van der Waals surface area (Å²) in [5.74, 6) is 1.49. The molecule has 4 N–H and O–H groups in total. The van der Waals surface area contributed by atoms with Crippen LogP contribution in [0.1, 0.15) is 18.1 Å². The number of nitrogens with one attached hydrogen (secondary N) is 2. The molecule has 0 amide bonds. The lowest BCUT2D eigenvalue weighted by Crippen LogP contribution is -2.31. The van der Waals surface area contributed by atoms with Crippen molar-refractivity contribution in [3.8, 4) is 0 Å². The Morgan fingerprint density at radius 2 is 2.09 bits per heavy atom. The van der Waals surface area contributed by atoms with E-state index in [0.29, 0.717) is 11.5 Å². The predicted octanol–water partition coefficient (Wildman–Crippen LogP) is 2.66. The fourth-order valence-corrected chi connectivity index (χ4v) is 3.24. The molecule has 0 saturated heterocycles. The first kappa shape index (κ1) is 14.0. The molecule has 3 aromatic rings. The molecule has 0 unspecified atom stereocenters. The molecule has 0 saturated carbocycles. The van der Waals surface area contributed by atoms with Crippen LogP contribution in [0.2, 0.25) is 0 Å². The lowest BCUT2D eigenvalue weighted by Gasteiger charge is -2.29. The lowest BCUT2D eigenvalue weighted by atomic mass is 9.97. The Bertz CT molecular complexity index is 839. The highest BCUT2D eigenvalue weighted by atomic mass is 15.2. The van der Waals surface area contributed by atoms with Crippen LogP contribution in [0, 0.1) is 0 Å². The number of nitrogens with zero attached hydrogens (tertiary/aromatic N) is 3. The van der Waals surface area contributed by atoms with Crippen LogP contribution < -0.4 is 11.1 Å². The van der Waals surface area contributed by atoms with Crippen LogP contribution in [0.4, 0.5) is 17.3 Å². The molecule has 0 spiro atoms. The maximum absolute atomic E-state index is 6.08. The summed E-state index contributed by atoms with van der Waals surface area (Å²) >= 11 is 0. The van der Waals surface area contributed by atoms with Gasteiger partial charge >= 0.3 is 0 Å². The molecule has 0 fully saturated rings. The Balaban J connectivity index is 1.86. The van der Waals surface area contributed by atoms with E-state index in [2.05, 4.69) is 27.3 Å². The summed E-state index contributed by atoms with van der Waals surface area (Å²) in [6.45, 7) is 5.14. The number of para-hydroxylation sites is 1. The van der Waals surface area contributed by atoms with Crippen LogP contribution in [-0.4, -0.2) is 33.2 Å². The molecule has 1 aromatic carbocycles. The zero-order valence-corrected chi connectivity index (χ0v) is 13.1. The standard InChI is InChI=1S/C17H20N6/c1-2-23-9-8-12-13(10-23)16(19-11-6-4-3-5-7-11)20-17-14(12)15(18)21-22-17/h3-7H,2,8-10H2,1H3,(H4,18,19,20,21,22). The molecule has 6 nitrogen and oxygen atoms in total. The molecule has 23 heavy (non-hydrogen) atoms. The summed E-state index contributed by atoms with van der Waals surface area (Å²) in [4.78, 5) is 7.13. The van der Waals surface area contributed by atoms with Gasteiger partial charge in [-0.3, -0.25) is 10.00 Å². The van der Waals surface area contributed by atoms with Gasteiger partial charge in [0.2, 0.25) is 0 Å². The summed E-state index contributed by atoms with van der Waals surface area (Å²) in [6, 6.07) is 10.1. The van der Waals surface area contributed by atoms with Crippen molar-refractivity contribution in [3.05, 3.63) is 41.5 Å². The van der Waals surface area contributed by atoms with E-state index in [0.717, 1.165) is 42.9 Å². The van der Waals surface area contributed by atoms with Gasteiger partial charge in [0.05, 0.1) is 5.39 Å². The average Bonchev–Trinajstić information content (AvgIpc) is 2.96. The number of fused-ring (bicyclic) bond motifs is 3. The molecular formula is C17H20N6. The topological polar surface area (TPSA) is 82.9 Å². The molecule has 3 heterocycles. The van der Waals surface area contributed by atoms with Crippen molar-refractivity contribution in [2.24, 2.45) is 0 Å². The third-order valence-corrected chi connectivity index (χ3v) is 4.49. The summed E-state index contributed by atoms with van der Waals surface area (Å²) in [6.07, 6.45) is 0.968.